The fourth-order valence-electron chi connectivity index (χ4n) is 4.38. The average molecular weight is 419 g/mol. The van der Waals surface area contributed by atoms with Crippen molar-refractivity contribution in [3.63, 3.8) is 0 Å². The van der Waals surface area contributed by atoms with Gasteiger partial charge in [0.1, 0.15) is 5.60 Å². The molecular weight excluding hydrogens is 380 g/mol. The molecule has 2 aliphatic rings. The molecule has 2 fully saturated rings. The maximum Gasteiger partial charge on any atom is 0.192 e. The van der Waals surface area contributed by atoms with Crippen LogP contribution in [-0.2, 0) is 20.5 Å². The van der Waals surface area contributed by atoms with Gasteiger partial charge in [-0.05, 0) is 23.7 Å². The fourth-order valence-corrected chi connectivity index (χ4v) is 5.74. The largest absolute Gasteiger partial charge is 0.411 e. The second-order valence-corrected chi connectivity index (χ2v) is 15.3. The molecule has 1 spiro atoms. The first kappa shape index (κ1) is 22.7. The van der Waals surface area contributed by atoms with E-state index in [1.807, 2.05) is 24.3 Å². The molecule has 0 amide bonds. The molecule has 4 nitrogen and oxygen atoms in total. The molecule has 1 aromatic rings. The van der Waals surface area contributed by atoms with Crippen LogP contribution in [0.25, 0.3) is 0 Å². The van der Waals surface area contributed by atoms with E-state index in [9.17, 15) is 5.11 Å². The lowest BCUT2D eigenvalue weighted by Crippen LogP contribution is -2.61. The predicted octanol–water partition coefficient (Wildman–Crippen LogP) is 4.94. The Kier molecular flexibility index (Phi) is 6.21. The first-order chi connectivity index (χ1) is 13.5. The molecule has 1 N–H and O–H groups in total. The van der Waals surface area contributed by atoms with E-state index in [4.69, 9.17) is 13.9 Å². The molecule has 0 radical (unpaired) electrons. The Morgan fingerprint density at radius 1 is 1.28 bits per heavy atom. The van der Waals surface area contributed by atoms with Crippen molar-refractivity contribution in [2.45, 2.75) is 76.7 Å². The van der Waals surface area contributed by atoms with Crippen LogP contribution in [0, 0.1) is 11.3 Å². The van der Waals surface area contributed by atoms with E-state index in [0.717, 1.165) is 5.56 Å². The summed E-state index contributed by atoms with van der Waals surface area (Å²) in [4.78, 5) is 0. The monoisotopic (exact) mass is 418 g/mol. The normalized spacial score (nSPS) is 34.9. The van der Waals surface area contributed by atoms with Gasteiger partial charge in [0.25, 0.3) is 0 Å². The van der Waals surface area contributed by atoms with Crippen LogP contribution in [-0.4, -0.2) is 44.4 Å². The Morgan fingerprint density at radius 3 is 2.41 bits per heavy atom. The third-order valence-corrected chi connectivity index (χ3v) is 11.9. The van der Waals surface area contributed by atoms with Gasteiger partial charge in [0, 0.05) is 17.8 Å². The van der Waals surface area contributed by atoms with Crippen LogP contribution >= 0.6 is 0 Å². The highest BCUT2D eigenvalue weighted by Crippen LogP contribution is 2.57. The first-order valence-electron chi connectivity index (χ1n) is 10.7. The Labute approximate surface area is 177 Å². The van der Waals surface area contributed by atoms with E-state index in [1.54, 1.807) is 0 Å². The molecular formula is C24H38O4Si. The summed E-state index contributed by atoms with van der Waals surface area (Å²) in [6, 6.07) is 10.1. The number of hydrogen-bond donors (Lipinski definition) is 1. The number of aliphatic hydroxyl groups excluding tert-OH is 1. The van der Waals surface area contributed by atoms with Crippen molar-refractivity contribution < 1.29 is 19.0 Å². The summed E-state index contributed by atoms with van der Waals surface area (Å²) in [5, 5.41) is 11.3. The molecule has 1 aliphatic carbocycles. The van der Waals surface area contributed by atoms with E-state index in [1.165, 1.54) is 0 Å². The van der Waals surface area contributed by atoms with E-state index in [0.29, 0.717) is 26.2 Å². The zero-order valence-electron chi connectivity index (χ0n) is 18.9. The highest BCUT2D eigenvalue weighted by atomic mass is 28.4. The second-order valence-electron chi connectivity index (χ2n) is 10.6. The van der Waals surface area contributed by atoms with Gasteiger partial charge in [-0.3, -0.25) is 0 Å². The summed E-state index contributed by atoms with van der Waals surface area (Å²) in [5.74, 6) is -0.0238. The maximum absolute atomic E-state index is 11.2. The van der Waals surface area contributed by atoms with Gasteiger partial charge < -0.3 is 19.0 Å². The van der Waals surface area contributed by atoms with Crippen molar-refractivity contribution >= 4 is 8.32 Å². The molecule has 1 aliphatic heterocycles. The highest BCUT2D eigenvalue weighted by molar-refractivity contribution is 6.74. The zero-order valence-corrected chi connectivity index (χ0v) is 19.9. The second kappa shape index (κ2) is 7.93. The molecule has 5 heteroatoms. The zero-order chi connectivity index (χ0) is 21.5. The van der Waals surface area contributed by atoms with E-state index < -0.39 is 19.8 Å². The fraction of sp³-hybridized carbons (Fsp3) is 0.667. The van der Waals surface area contributed by atoms with Crippen molar-refractivity contribution in [1.82, 2.24) is 0 Å². The molecule has 1 heterocycles. The van der Waals surface area contributed by atoms with Crippen LogP contribution in [0.15, 0.2) is 43.0 Å². The quantitative estimate of drug-likeness (QED) is 0.387. The molecule has 3 rings (SSSR count). The van der Waals surface area contributed by atoms with E-state index in [2.05, 4.69) is 59.5 Å². The van der Waals surface area contributed by atoms with Gasteiger partial charge in [-0.25, -0.2) is 0 Å². The van der Waals surface area contributed by atoms with E-state index in [-0.39, 0.29) is 22.7 Å². The van der Waals surface area contributed by atoms with Crippen molar-refractivity contribution in [1.29, 1.82) is 0 Å². The van der Waals surface area contributed by atoms with Crippen LogP contribution in [0.1, 0.15) is 39.7 Å². The van der Waals surface area contributed by atoms with Gasteiger partial charge in [-0.1, -0.05) is 64.1 Å². The average Bonchev–Trinajstić information content (AvgIpc) is 3.42. The SMILES string of the molecule is C=C[C@H]1[C@](C)(COCc2ccccc2)[C@@H](O)C[C@@H](O[Si](C)(C)C(C)(C)C)[C@@]12CO2. The number of hydrogen-bond acceptors (Lipinski definition) is 4. The van der Waals surface area contributed by atoms with Crippen molar-refractivity contribution in [2.24, 2.45) is 11.3 Å². The van der Waals surface area contributed by atoms with E-state index >= 15 is 0 Å². The van der Waals surface area contributed by atoms with Crippen LogP contribution in [0.2, 0.25) is 18.1 Å². The van der Waals surface area contributed by atoms with Gasteiger partial charge in [0.05, 0.1) is 32.0 Å². The van der Waals surface area contributed by atoms with Crippen molar-refractivity contribution in [2.75, 3.05) is 13.2 Å². The van der Waals surface area contributed by atoms with Gasteiger partial charge >= 0.3 is 0 Å². The standard InChI is InChI=1S/C24H38O4Si/c1-8-19-23(5,16-26-15-18-12-10-9-11-13-18)20(25)14-21(24(19)17-27-24)28-29(6,7)22(2,3)4/h8-13,19-21,25H,1,14-17H2,2-7H3/t19-,20-,21+,23-,24+/m0/s1. The number of aliphatic hydroxyl groups is 1. The van der Waals surface area contributed by atoms with Crippen LogP contribution < -0.4 is 0 Å². The molecule has 0 aromatic heterocycles. The molecule has 1 saturated heterocycles. The minimum atomic E-state index is -1.99. The first-order valence-corrected chi connectivity index (χ1v) is 13.6. The third kappa shape index (κ3) is 4.26. The Morgan fingerprint density at radius 2 is 1.90 bits per heavy atom. The van der Waals surface area contributed by atoms with Crippen molar-refractivity contribution in [3.8, 4) is 0 Å². The summed E-state index contributed by atoms with van der Waals surface area (Å²) in [5.41, 5.74) is 0.287. The van der Waals surface area contributed by atoms with Gasteiger partial charge in [-0.15, -0.1) is 6.58 Å². The number of benzene rings is 1. The summed E-state index contributed by atoms with van der Waals surface area (Å²) >= 11 is 0. The number of ether oxygens (including phenoxy) is 2. The van der Waals surface area contributed by atoms with Crippen molar-refractivity contribution in [3.05, 3.63) is 48.6 Å². The lowest BCUT2D eigenvalue weighted by molar-refractivity contribution is -0.143. The van der Waals surface area contributed by atoms with Gasteiger partial charge in [0.15, 0.2) is 8.32 Å². The topological polar surface area (TPSA) is 51.2 Å². The van der Waals surface area contributed by atoms with Gasteiger partial charge in [-0.2, -0.15) is 0 Å². The smallest absolute Gasteiger partial charge is 0.192 e. The Balaban J connectivity index is 1.76. The number of epoxide rings is 1. The molecule has 5 atom stereocenters. The lowest BCUT2D eigenvalue weighted by atomic mass is 9.60. The lowest BCUT2D eigenvalue weighted by Gasteiger charge is -2.52. The molecule has 162 valence electrons. The van der Waals surface area contributed by atoms with Crippen LogP contribution in [0.5, 0.6) is 0 Å². The maximum atomic E-state index is 11.2. The summed E-state index contributed by atoms with van der Waals surface area (Å²) in [6.45, 7) is 19.1. The van der Waals surface area contributed by atoms with Crippen LogP contribution in [0.3, 0.4) is 0 Å². The van der Waals surface area contributed by atoms with Gasteiger partial charge in [0.2, 0.25) is 0 Å². The minimum Gasteiger partial charge on any atom is -0.411 e. The van der Waals surface area contributed by atoms with Crippen LogP contribution in [0.4, 0.5) is 0 Å². The summed E-state index contributed by atoms with van der Waals surface area (Å²) in [7, 11) is -1.99. The summed E-state index contributed by atoms with van der Waals surface area (Å²) < 4.78 is 18.9. The highest BCUT2D eigenvalue weighted by Gasteiger charge is 2.67. The molecule has 0 unspecified atom stereocenters. The molecule has 29 heavy (non-hydrogen) atoms. The molecule has 1 saturated carbocycles. The predicted molar refractivity (Wildman–Crippen MR) is 119 cm³/mol. The molecule has 1 aromatic carbocycles. The summed E-state index contributed by atoms with van der Waals surface area (Å²) in [6.07, 6.45) is 1.88. The molecule has 0 bridgehead atoms. The number of rotatable bonds is 7. The Hall–Kier alpha value is -0.983. The minimum absolute atomic E-state index is 0.0238. The third-order valence-electron chi connectivity index (χ3n) is 7.46. The Bertz CT molecular complexity index is 707.